The molecule has 0 fully saturated rings. The van der Waals surface area contributed by atoms with Gasteiger partial charge in [-0.25, -0.2) is 0 Å². The number of pyridine rings is 2. The number of fused-ring (bicyclic) bond motifs is 1. The summed E-state index contributed by atoms with van der Waals surface area (Å²) >= 11 is 0. The third-order valence-electron chi connectivity index (χ3n) is 3.92. The molecule has 128 valence electrons. The van der Waals surface area contributed by atoms with E-state index in [4.69, 9.17) is 4.42 Å². The Morgan fingerprint density at radius 1 is 1.04 bits per heavy atom. The Morgan fingerprint density at radius 2 is 1.88 bits per heavy atom. The van der Waals surface area contributed by atoms with E-state index in [2.05, 4.69) is 25.5 Å². The van der Waals surface area contributed by atoms with Crippen LogP contribution in [0.5, 0.6) is 0 Å². The summed E-state index contributed by atoms with van der Waals surface area (Å²) in [5.74, 6) is 0.635. The summed E-state index contributed by atoms with van der Waals surface area (Å²) in [6, 6.07) is 13.0. The second-order valence-electron chi connectivity index (χ2n) is 5.70. The minimum atomic E-state index is -0.208. The van der Waals surface area contributed by atoms with Crippen LogP contribution in [-0.2, 0) is 6.54 Å². The summed E-state index contributed by atoms with van der Waals surface area (Å²) in [5, 5.41) is 11.3. The highest BCUT2D eigenvalue weighted by atomic mass is 16.4. The van der Waals surface area contributed by atoms with E-state index in [1.807, 2.05) is 30.3 Å². The van der Waals surface area contributed by atoms with Crippen LogP contribution in [0.15, 0.2) is 59.3 Å². The Labute approximate surface area is 149 Å². The van der Waals surface area contributed by atoms with Gasteiger partial charge in [-0.3, -0.25) is 14.8 Å². The van der Waals surface area contributed by atoms with Crippen LogP contribution in [0.4, 0.5) is 0 Å². The van der Waals surface area contributed by atoms with Crippen molar-refractivity contribution in [2.45, 2.75) is 13.5 Å². The van der Waals surface area contributed by atoms with Crippen LogP contribution >= 0.6 is 0 Å². The first-order valence-corrected chi connectivity index (χ1v) is 8.08. The van der Waals surface area contributed by atoms with Crippen molar-refractivity contribution in [3.8, 4) is 11.3 Å². The van der Waals surface area contributed by atoms with Crippen LogP contribution in [-0.4, -0.2) is 26.1 Å². The summed E-state index contributed by atoms with van der Waals surface area (Å²) in [6.45, 7) is 1.89. The van der Waals surface area contributed by atoms with Gasteiger partial charge in [0.1, 0.15) is 0 Å². The average molecular weight is 345 g/mol. The predicted octanol–water partition coefficient (Wildman–Crippen LogP) is 2.92. The van der Waals surface area contributed by atoms with Crippen molar-refractivity contribution in [3.05, 3.63) is 72.2 Å². The van der Waals surface area contributed by atoms with E-state index in [0.29, 0.717) is 17.3 Å². The Kier molecular flexibility index (Phi) is 4.10. The molecule has 1 N–H and O–H groups in total. The van der Waals surface area contributed by atoms with Crippen LogP contribution < -0.4 is 5.32 Å². The quantitative estimate of drug-likeness (QED) is 0.611. The summed E-state index contributed by atoms with van der Waals surface area (Å²) in [6.07, 6.45) is 3.49. The van der Waals surface area contributed by atoms with Crippen LogP contribution in [0.3, 0.4) is 0 Å². The monoisotopic (exact) mass is 345 g/mol. The highest BCUT2D eigenvalue weighted by Crippen LogP contribution is 2.25. The molecule has 3 aromatic heterocycles. The molecule has 4 rings (SSSR count). The van der Waals surface area contributed by atoms with Gasteiger partial charge in [0, 0.05) is 35.8 Å². The third-order valence-corrected chi connectivity index (χ3v) is 3.92. The number of carbonyl (C=O) groups excluding carboxylic acids is 1. The minimum Gasteiger partial charge on any atom is -0.424 e. The first-order chi connectivity index (χ1) is 12.7. The van der Waals surface area contributed by atoms with Crippen LogP contribution in [0.2, 0.25) is 0 Å². The van der Waals surface area contributed by atoms with E-state index in [-0.39, 0.29) is 12.5 Å². The number of amides is 1. The zero-order valence-electron chi connectivity index (χ0n) is 14.0. The van der Waals surface area contributed by atoms with Gasteiger partial charge in [0.25, 0.3) is 5.91 Å². The summed E-state index contributed by atoms with van der Waals surface area (Å²) in [7, 11) is 0. The molecule has 7 nitrogen and oxygen atoms in total. The number of carbonyl (C=O) groups is 1. The van der Waals surface area contributed by atoms with Gasteiger partial charge in [0.05, 0.1) is 17.8 Å². The highest BCUT2D eigenvalue weighted by Gasteiger charge is 2.10. The number of nitrogens with zero attached hydrogens (tertiary/aromatic N) is 4. The van der Waals surface area contributed by atoms with E-state index < -0.39 is 0 Å². The van der Waals surface area contributed by atoms with Crippen molar-refractivity contribution in [1.82, 2.24) is 25.5 Å². The van der Waals surface area contributed by atoms with Gasteiger partial charge in [-0.05, 0) is 30.3 Å². The van der Waals surface area contributed by atoms with Gasteiger partial charge in [-0.1, -0.05) is 12.1 Å². The Morgan fingerprint density at radius 3 is 2.65 bits per heavy atom. The molecule has 0 saturated heterocycles. The molecular formula is C19H15N5O2. The summed E-state index contributed by atoms with van der Waals surface area (Å²) in [4.78, 5) is 21.1. The molecule has 0 unspecified atom stereocenters. The predicted molar refractivity (Wildman–Crippen MR) is 95.2 cm³/mol. The van der Waals surface area contributed by atoms with E-state index >= 15 is 0 Å². The van der Waals surface area contributed by atoms with Crippen LogP contribution in [0.1, 0.15) is 22.1 Å². The van der Waals surface area contributed by atoms with Gasteiger partial charge in [0.15, 0.2) is 0 Å². The average Bonchev–Trinajstić information content (AvgIpc) is 3.11. The lowest BCUT2D eigenvalue weighted by molar-refractivity contribution is 0.0947. The van der Waals surface area contributed by atoms with Crippen molar-refractivity contribution in [2.75, 3.05) is 0 Å². The molecule has 0 aliphatic rings. The molecule has 0 atom stereocenters. The fourth-order valence-corrected chi connectivity index (χ4v) is 2.68. The standard InChI is InChI=1S/C19H15N5O2/c1-12-23-24-17(26-12)11-22-19(25)14-6-4-13(5-7-14)18-15-3-2-9-20-16(15)8-10-21-18/h2-10H,11H2,1H3,(H,22,25). The molecule has 0 bridgehead atoms. The largest absolute Gasteiger partial charge is 0.424 e. The number of benzene rings is 1. The lowest BCUT2D eigenvalue weighted by Gasteiger charge is -2.07. The smallest absolute Gasteiger partial charge is 0.251 e. The van der Waals surface area contributed by atoms with Gasteiger partial charge in [0.2, 0.25) is 11.8 Å². The lowest BCUT2D eigenvalue weighted by Crippen LogP contribution is -2.22. The summed E-state index contributed by atoms with van der Waals surface area (Å²) in [5.41, 5.74) is 3.19. The Balaban J connectivity index is 1.53. The maximum atomic E-state index is 12.3. The molecule has 1 amide bonds. The zero-order valence-corrected chi connectivity index (χ0v) is 14.0. The second-order valence-corrected chi connectivity index (χ2v) is 5.70. The van der Waals surface area contributed by atoms with E-state index in [9.17, 15) is 4.79 Å². The molecule has 7 heteroatoms. The molecule has 4 aromatic rings. The molecule has 0 aliphatic heterocycles. The number of hydrogen-bond acceptors (Lipinski definition) is 6. The molecule has 0 spiro atoms. The minimum absolute atomic E-state index is 0.192. The SMILES string of the molecule is Cc1nnc(CNC(=O)c2ccc(-c3nccc4ncccc34)cc2)o1. The van der Waals surface area contributed by atoms with Gasteiger partial charge < -0.3 is 9.73 Å². The number of hydrogen-bond donors (Lipinski definition) is 1. The van der Waals surface area contributed by atoms with Gasteiger partial charge >= 0.3 is 0 Å². The molecule has 3 heterocycles. The third kappa shape index (κ3) is 3.14. The Bertz CT molecular complexity index is 1070. The van der Waals surface area contributed by atoms with Crippen LogP contribution in [0.25, 0.3) is 22.2 Å². The normalized spacial score (nSPS) is 10.8. The van der Waals surface area contributed by atoms with E-state index in [0.717, 1.165) is 22.2 Å². The van der Waals surface area contributed by atoms with Gasteiger partial charge in [-0.15, -0.1) is 10.2 Å². The number of nitrogens with one attached hydrogen (secondary N) is 1. The molecule has 0 aliphatic carbocycles. The molecule has 26 heavy (non-hydrogen) atoms. The first kappa shape index (κ1) is 15.9. The first-order valence-electron chi connectivity index (χ1n) is 8.08. The Hall–Kier alpha value is -3.61. The van der Waals surface area contributed by atoms with Crippen molar-refractivity contribution >= 4 is 16.8 Å². The maximum absolute atomic E-state index is 12.3. The van der Waals surface area contributed by atoms with Crippen LogP contribution in [0, 0.1) is 6.92 Å². The van der Waals surface area contributed by atoms with Crippen molar-refractivity contribution < 1.29 is 9.21 Å². The highest BCUT2D eigenvalue weighted by molar-refractivity contribution is 5.96. The van der Waals surface area contributed by atoms with Crippen molar-refractivity contribution in [3.63, 3.8) is 0 Å². The number of aryl methyl sites for hydroxylation is 1. The molecular weight excluding hydrogens is 330 g/mol. The number of rotatable bonds is 4. The fourth-order valence-electron chi connectivity index (χ4n) is 2.68. The number of aromatic nitrogens is 4. The van der Waals surface area contributed by atoms with Gasteiger partial charge in [-0.2, -0.15) is 0 Å². The topological polar surface area (TPSA) is 93.8 Å². The fraction of sp³-hybridized carbons (Fsp3) is 0.105. The molecule has 0 radical (unpaired) electrons. The molecule has 1 aromatic carbocycles. The van der Waals surface area contributed by atoms with E-state index in [1.54, 1.807) is 31.5 Å². The second kappa shape index (κ2) is 6.72. The van der Waals surface area contributed by atoms with E-state index in [1.165, 1.54) is 0 Å². The lowest BCUT2D eigenvalue weighted by atomic mass is 10.0. The van der Waals surface area contributed by atoms with Crippen molar-refractivity contribution in [2.24, 2.45) is 0 Å². The maximum Gasteiger partial charge on any atom is 0.251 e. The molecule has 0 saturated carbocycles. The zero-order chi connectivity index (χ0) is 17.9. The summed E-state index contributed by atoms with van der Waals surface area (Å²) < 4.78 is 5.24. The van der Waals surface area contributed by atoms with Crippen molar-refractivity contribution in [1.29, 1.82) is 0 Å².